The maximum atomic E-state index is 5.73. The first-order valence-corrected chi connectivity index (χ1v) is 10.9. The highest BCUT2D eigenvalue weighted by molar-refractivity contribution is 5.85. The molecule has 3 aliphatic rings. The van der Waals surface area contributed by atoms with Crippen molar-refractivity contribution in [2.24, 2.45) is 0 Å². The average molecular weight is 447 g/mol. The van der Waals surface area contributed by atoms with Crippen LogP contribution in [0.4, 0.5) is 17.7 Å². The van der Waals surface area contributed by atoms with Gasteiger partial charge in [0.25, 0.3) is 0 Å². The Morgan fingerprint density at radius 1 is 1.23 bits per heavy atom. The molecule has 2 saturated heterocycles. The second kappa shape index (κ2) is 8.72. The van der Waals surface area contributed by atoms with E-state index in [4.69, 9.17) is 20.4 Å². The summed E-state index contributed by atoms with van der Waals surface area (Å²) in [7, 11) is 0. The molecule has 5 heterocycles. The fourth-order valence-corrected chi connectivity index (χ4v) is 4.89. The van der Waals surface area contributed by atoms with Crippen molar-refractivity contribution >= 4 is 30.1 Å². The van der Waals surface area contributed by atoms with Gasteiger partial charge in [-0.2, -0.15) is 4.98 Å². The lowest BCUT2D eigenvalue weighted by Crippen LogP contribution is -2.55. The summed E-state index contributed by atoms with van der Waals surface area (Å²) in [6.07, 6.45) is 6.80. The molecule has 0 saturated carbocycles. The maximum Gasteiger partial charge on any atom is 0.228 e. The summed E-state index contributed by atoms with van der Waals surface area (Å²) in [5.41, 5.74) is 8.77. The highest BCUT2D eigenvalue weighted by Gasteiger charge is 2.40. The topological polar surface area (TPSA) is 105 Å². The molecule has 0 spiro atoms. The molecule has 10 heteroatoms. The number of rotatable bonds is 3. The highest BCUT2D eigenvalue weighted by Crippen LogP contribution is 2.40. The predicted molar refractivity (Wildman–Crippen MR) is 124 cm³/mol. The largest absolute Gasteiger partial charge is 0.377 e. The molecule has 3 aliphatic heterocycles. The van der Waals surface area contributed by atoms with Gasteiger partial charge in [-0.05, 0) is 39.7 Å². The molecule has 0 aliphatic carbocycles. The fourth-order valence-electron chi connectivity index (χ4n) is 4.89. The standard InChI is InChI=1S/C21H30N8O.ClH/c1-14-12-30-9-8-28(14)20-26-17(15-10-24-19(22)25-11-15)16-4-7-29(18(16)27-20)21(2)5-3-6-23-13-21;/h10-11,14,23H,3-9,12-13H2,1-2H3,(H2,22,24,25);1H/t14-,21?;/m0./s1. The zero-order valence-electron chi connectivity index (χ0n) is 18.2. The molecule has 0 aromatic carbocycles. The molecule has 1 unspecified atom stereocenters. The Hall–Kier alpha value is -2.23. The Kier molecular flexibility index (Phi) is 6.18. The van der Waals surface area contributed by atoms with Gasteiger partial charge in [0.15, 0.2) is 0 Å². The van der Waals surface area contributed by atoms with Crippen molar-refractivity contribution in [3.8, 4) is 11.3 Å². The Labute approximate surface area is 189 Å². The monoisotopic (exact) mass is 446 g/mol. The van der Waals surface area contributed by atoms with Crippen molar-refractivity contribution in [1.82, 2.24) is 25.3 Å². The second-order valence-corrected chi connectivity index (χ2v) is 8.80. The van der Waals surface area contributed by atoms with Crippen molar-refractivity contribution in [2.45, 2.75) is 44.7 Å². The average Bonchev–Trinajstić information content (AvgIpc) is 3.20. The van der Waals surface area contributed by atoms with E-state index in [-0.39, 0.29) is 29.9 Å². The lowest BCUT2D eigenvalue weighted by atomic mass is 9.90. The highest BCUT2D eigenvalue weighted by atomic mass is 35.5. The summed E-state index contributed by atoms with van der Waals surface area (Å²) < 4.78 is 5.64. The van der Waals surface area contributed by atoms with Crippen LogP contribution in [0.1, 0.15) is 32.3 Å². The van der Waals surface area contributed by atoms with Crippen LogP contribution in [0.15, 0.2) is 12.4 Å². The van der Waals surface area contributed by atoms with E-state index in [1.165, 1.54) is 12.0 Å². The van der Waals surface area contributed by atoms with Gasteiger partial charge in [0.1, 0.15) is 5.82 Å². The molecule has 168 valence electrons. The van der Waals surface area contributed by atoms with Crippen LogP contribution in [0.2, 0.25) is 0 Å². The molecule has 31 heavy (non-hydrogen) atoms. The van der Waals surface area contributed by atoms with Crippen LogP contribution in [0.5, 0.6) is 0 Å². The first-order valence-electron chi connectivity index (χ1n) is 10.9. The smallest absolute Gasteiger partial charge is 0.228 e. The zero-order valence-corrected chi connectivity index (χ0v) is 19.0. The second-order valence-electron chi connectivity index (χ2n) is 8.80. The number of halogens is 1. The van der Waals surface area contributed by atoms with Crippen LogP contribution in [-0.4, -0.2) is 70.9 Å². The SMILES string of the molecule is C[C@H]1COCCN1c1nc(-c2cnc(N)nc2)c2c(n1)N(C1(C)CCCNC1)CC2.Cl. The van der Waals surface area contributed by atoms with Crippen LogP contribution >= 0.6 is 12.4 Å². The van der Waals surface area contributed by atoms with E-state index in [0.717, 1.165) is 62.0 Å². The molecule has 2 fully saturated rings. The minimum Gasteiger partial charge on any atom is -0.377 e. The number of hydrogen-bond donors (Lipinski definition) is 2. The van der Waals surface area contributed by atoms with Gasteiger partial charge in [0, 0.05) is 43.2 Å². The molecule has 2 aromatic rings. The molecule has 2 aromatic heterocycles. The lowest BCUT2D eigenvalue weighted by molar-refractivity contribution is 0.0981. The third-order valence-electron chi connectivity index (χ3n) is 6.61. The fraction of sp³-hybridized carbons (Fsp3) is 0.619. The molecule has 2 atom stereocenters. The number of hydrogen-bond acceptors (Lipinski definition) is 9. The number of nitrogens with zero attached hydrogens (tertiary/aromatic N) is 6. The molecule has 5 rings (SSSR count). The van der Waals surface area contributed by atoms with E-state index in [1.807, 2.05) is 0 Å². The van der Waals surface area contributed by atoms with E-state index in [9.17, 15) is 0 Å². The number of nitrogens with two attached hydrogens (primary N) is 1. The Balaban J connectivity index is 0.00000231. The number of aromatic nitrogens is 4. The molecule has 3 N–H and O–H groups in total. The van der Waals surface area contributed by atoms with Crippen molar-refractivity contribution in [3.63, 3.8) is 0 Å². The maximum absolute atomic E-state index is 5.73. The lowest BCUT2D eigenvalue weighted by Gasteiger charge is -2.43. The zero-order chi connectivity index (χ0) is 20.7. The number of nitrogen functional groups attached to an aromatic ring is 1. The number of morpholine rings is 1. The van der Waals surface area contributed by atoms with Gasteiger partial charge < -0.3 is 25.6 Å². The van der Waals surface area contributed by atoms with Gasteiger partial charge >= 0.3 is 0 Å². The van der Waals surface area contributed by atoms with Gasteiger partial charge in [0.2, 0.25) is 11.9 Å². The number of nitrogens with one attached hydrogen (secondary N) is 1. The summed E-state index contributed by atoms with van der Waals surface area (Å²) in [4.78, 5) is 23.3. The molecule has 9 nitrogen and oxygen atoms in total. The van der Waals surface area contributed by atoms with Crippen molar-refractivity contribution in [3.05, 3.63) is 18.0 Å². The predicted octanol–water partition coefficient (Wildman–Crippen LogP) is 1.67. The van der Waals surface area contributed by atoms with Gasteiger partial charge in [-0.15, -0.1) is 12.4 Å². The first kappa shape index (κ1) is 22.0. The van der Waals surface area contributed by atoms with E-state index < -0.39 is 0 Å². The van der Waals surface area contributed by atoms with Crippen LogP contribution in [0.3, 0.4) is 0 Å². The summed E-state index contributed by atoms with van der Waals surface area (Å²) in [6.45, 7) is 9.68. The summed E-state index contributed by atoms with van der Waals surface area (Å²) in [6, 6.07) is 0.231. The summed E-state index contributed by atoms with van der Waals surface area (Å²) in [5.74, 6) is 2.08. The van der Waals surface area contributed by atoms with Gasteiger partial charge in [-0.25, -0.2) is 15.0 Å². The molecular formula is C21H31ClN8O. The normalized spacial score (nSPS) is 25.8. The summed E-state index contributed by atoms with van der Waals surface area (Å²) in [5, 5.41) is 3.57. The molecular weight excluding hydrogens is 416 g/mol. The van der Waals surface area contributed by atoms with Crippen LogP contribution in [0, 0.1) is 0 Å². The van der Waals surface area contributed by atoms with E-state index in [0.29, 0.717) is 13.2 Å². The van der Waals surface area contributed by atoms with Crippen molar-refractivity contribution in [2.75, 3.05) is 54.9 Å². The summed E-state index contributed by atoms with van der Waals surface area (Å²) >= 11 is 0. The third-order valence-corrected chi connectivity index (χ3v) is 6.61. The number of ether oxygens (including phenoxy) is 1. The minimum atomic E-state index is 0. The number of fused-ring (bicyclic) bond motifs is 1. The van der Waals surface area contributed by atoms with Crippen LogP contribution < -0.4 is 20.9 Å². The molecule has 0 radical (unpaired) electrons. The molecule has 0 bridgehead atoms. The van der Waals surface area contributed by atoms with Gasteiger partial charge in [0.05, 0.1) is 30.5 Å². The van der Waals surface area contributed by atoms with Crippen LogP contribution in [-0.2, 0) is 11.2 Å². The Morgan fingerprint density at radius 2 is 2.03 bits per heavy atom. The van der Waals surface area contributed by atoms with Crippen LogP contribution in [0.25, 0.3) is 11.3 Å². The number of piperidine rings is 1. The van der Waals surface area contributed by atoms with Crippen molar-refractivity contribution in [1.29, 1.82) is 0 Å². The minimum absolute atomic E-state index is 0. The van der Waals surface area contributed by atoms with Gasteiger partial charge in [-0.3, -0.25) is 0 Å². The quantitative estimate of drug-likeness (QED) is 0.728. The number of anilines is 3. The first-order chi connectivity index (χ1) is 14.5. The van der Waals surface area contributed by atoms with E-state index in [1.54, 1.807) is 12.4 Å². The van der Waals surface area contributed by atoms with Gasteiger partial charge in [-0.1, -0.05) is 0 Å². The molecule has 0 amide bonds. The van der Waals surface area contributed by atoms with Crippen molar-refractivity contribution < 1.29 is 4.74 Å². The van der Waals surface area contributed by atoms with E-state index >= 15 is 0 Å². The Morgan fingerprint density at radius 3 is 2.74 bits per heavy atom. The van der Waals surface area contributed by atoms with E-state index in [2.05, 4.69) is 38.9 Å². The third kappa shape index (κ3) is 4.02. The Bertz CT molecular complexity index is 918.